The minimum Gasteiger partial charge on any atom is -0.408 e. The zero-order valence-corrected chi connectivity index (χ0v) is 6.91. The molecule has 0 aliphatic carbocycles. The first kappa shape index (κ1) is 8.07. The first-order valence-electron chi connectivity index (χ1n) is 4.02. The average Bonchev–Trinajstić information content (AvgIpc) is 2.44. The van der Waals surface area contributed by atoms with Crippen molar-refractivity contribution in [3.05, 3.63) is 34.3 Å². The van der Waals surface area contributed by atoms with E-state index in [9.17, 15) is 4.79 Å². The summed E-state index contributed by atoms with van der Waals surface area (Å²) in [7, 11) is 0. The molecule has 2 aromatic rings. The minimum absolute atomic E-state index is 0.0974. The van der Waals surface area contributed by atoms with Crippen LogP contribution in [0.1, 0.15) is 5.56 Å². The molecule has 0 atom stereocenters. The molecule has 0 radical (unpaired) electrons. The number of H-pyrrole nitrogens is 1. The number of hydrogen-bond acceptors (Lipinski definition) is 3. The van der Waals surface area contributed by atoms with Crippen molar-refractivity contribution in [2.24, 2.45) is 0 Å². The van der Waals surface area contributed by atoms with Crippen LogP contribution < -0.4 is 5.76 Å². The third kappa shape index (κ3) is 1.48. The fraction of sp³-hybridized carbons (Fsp3) is 0.222. The molecule has 1 heterocycles. The normalized spacial score (nSPS) is 10.8. The van der Waals surface area contributed by atoms with Gasteiger partial charge in [-0.05, 0) is 24.1 Å². The molecule has 1 aromatic heterocycles. The zero-order chi connectivity index (χ0) is 9.26. The van der Waals surface area contributed by atoms with Gasteiger partial charge in [0.2, 0.25) is 0 Å². The smallest absolute Gasteiger partial charge is 0.408 e. The lowest BCUT2D eigenvalue weighted by atomic mass is 10.1. The minimum atomic E-state index is -0.448. The van der Waals surface area contributed by atoms with Gasteiger partial charge >= 0.3 is 5.76 Å². The van der Waals surface area contributed by atoms with Gasteiger partial charge < -0.3 is 9.52 Å². The van der Waals surface area contributed by atoms with E-state index in [4.69, 9.17) is 9.52 Å². The van der Waals surface area contributed by atoms with Crippen LogP contribution in [-0.2, 0) is 6.42 Å². The largest absolute Gasteiger partial charge is 0.417 e. The molecule has 0 saturated carbocycles. The lowest BCUT2D eigenvalue weighted by molar-refractivity contribution is 0.299. The van der Waals surface area contributed by atoms with E-state index in [-0.39, 0.29) is 6.61 Å². The van der Waals surface area contributed by atoms with E-state index in [1.54, 1.807) is 12.1 Å². The third-order valence-corrected chi connectivity index (χ3v) is 1.89. The molecule has 1 aromatic carbocycles. The van der Waals surface area contributed by atoms with Crippen LogP contribution in [0.5, 0.6) is 0 Å². The summed E-state index contributed by atoms with van der Waals surface area (Å²) in [6.07, 6.45) is 0.574. The van der Waals surface area contributed by atoms with Gasteiger partial charge in [-0.3, -0.25) is 4.98 Å². The van der Waals surface area contributed by atoms with E-state index in [2.05, 4.69) is 4.98 Å². The van der Waals surface area contributed by atoms with E-state index in [1.807, 2.05) is 6.07 Å². The number of aromatic amines is 1. The average molecular weight is 179 g/mol. The highest BCUT2D eigenvalue weighted by Gasteiger charge is 2.00. The standard InChI is InChI=1S/C9H9NO3/c11-4-3-6-1-2-7-8(5-6)13-9(12)10-7/h1-2,5,11H,3-4H2,(H,10,12). The Hall–Kier alpha value is -1.55. The molecule has 4 nitrogen and oxygen atoms in total. The summed E-state index contributed by atoms with van der Waals surface area (Å²) in [4.78, 5) is 13.3. The Morgan fingerprint density at radius 1 is 1.46 bits per heavy atom. The molecule has 0 aliphatic rings. The van der Waals surface area contributed by atoms with Gasteiger partial charge in [-0.15, -0.1) is 0 Å². The van der Waals surface area contributed by atoms with Crippen LogP contribution in [0.3, 0.4) is 0 Å². The van der Waals surface area contributed by atoms with E-state index in [0.717, 1.165) is 5.56 Å². The Kier molecular flexibility index (Phi) is 1.90. The number of fused-ring (bicyclic) bond motifs is 1. The fourth-order valence-electron chi connectivity index (χ4n) is 1.27. The number of aliphatic hydroxyl groups is 1. The Balaban J connectivity index is 2.54. The molecule has 0 amide bonds. The summed E-state index contributed by atoms with van der Waals surface area (Å²) < 4.78 is 4.86. The number of aromatic nitrogens is 1. The third-order valence-electron chi connectivity index (χ3n) is 1.89. The van der Waals surface area contributed by atoms with Gasteiger partial charge in [0.25, 0.3) is 0 Å². The maximum Gasteiger partial charge on any atom is 0.417 e. The van der Waals surface area contributed by atoms with E-state index >= 15 is 0 Å². The monoisotopic (exact) mass is 179 g/mol. The molecule has 0 spiro atoms. The van der Waals surface area contributed by atoms with Crippen molar-refractivity contribution in [2.45, 2.75) is 6.42 Å². The summed E-state index contributed by atoms with van der Waals surface area (Å²) in [5, 5.41) is 8.70. The number of oxazole rings is 1. The Labute approximate surface area is 73.8 Å². The van der Waals surface area contributed by atoms with Crippen molar-refractivity contribution in [3.8, 4) is 0 Å². The summed E-state index contributed by atoms with van der Waals surface area (Å²) in [5.74, 6) is -0.448. The number of benzene rings is 1. The first-order chi connectivity index (χ1) is 6.29. The quantitative estimate of drug-likeness (QED) is 0.711. The van der Waals surface area contributed by atoms with Gasteiger partial charge in [0.15, 0.2) is 5.58 Å². The Morgan fingerprint density at radius 3 is 3.08 bits per heavy atom. The van der Waals surface area contributed by atoms with Gasteiger partial charge in [0.1, 0.15) is 0 Å². The van der Waals surface area contributed by atoms with Gasteiger partial charge in [-0.25, -0.2) is 4.79 Å². The van der Waals surface area contributed by atoms with Crippen LogP contribution in [0, 0.1) is 0 Å². The number of hydrogen-bond donors (Lipinski definition) is 2. The van der Waals surface area contributed by atoms with Crippen LogP contribution in [0.15, 0.2) is 27.4 Å². The highest BCUT2D eigenvalue weighted by Crippen LogP contribution is 2.12. The highest BCUT2D eigenvalue weighted by molar-refractivity contribution is 5.72. The van der Waals surface area contributed by atoms with Crippen molar-refractivity contribution in [3.63, 3.8) is 0 Å². The van der Waals surface area contributed by atoms with Crippen LogP contribution in [0.4, 0.5) is 0 Å². The van der Waals surface area contributed by atoms with E-state index in [0.29, 0.717) is 17.5 Å². The van der Waals surface area contributed by atoms with E-state index < -0.39 is 5.76 Å². The summed E-state index contributed by atoms with van der Waals surface area (Å²) in [6.45, 7) is 0.0974. The second kappa shape index (κ2) is 3.06. The fourth-order valence-corrected chi connectivity index (χ4v) is 1.27. The Morgan fingerprint density at radius 2 is 2.31 bits per heavy atom. The predicted octanol–water partition coefficient (Wildman–Crippen LogP) is 0.656. The predicted molar refractivity (Wildman–Crippen MR) is 47.6 cm³/mol. The Bertz CT molecular complexity index is 469. The molecule has 0 aliphatic heterocycles. The molecule has 4 heteroatoms. The summed E-state index contributed by atoms with van der Waals surface area (Å²) >= 11 is 0. The maximum absolute atomic E-state index is 10.8. The second-order valence-corrected chi connectivity index (χ2v) is 2.82. The van der Waals surface area contributed by atoms with E-state index in [1.165, 1.54) is 0 Å². The molecule has 2 N–H and O–H groups in total. The molecular formula is C9H9NO3. The van der Waals surface area contributed by atoms with Crippen molar-refractivity contribution >= 4 is 11.1 Å². The number of aliphatic hydroxyl groups excluding tert-OH is 1. The maximum atomic E-state index is 10.8. The SMILES string of the molecule is O=c1[nH]c2ccc(CCO)cc2o1. The van der Waals surface area contributed by atoms with Crippen molar-refractivity contribution in [2.75, 3.05) is 6.61 Å². The molecule has 0 saturated heterocycles. The molecule has 0 bridgehead atoms. The van der Waals surface area contributed by atoms with Crippen LogP contribution >= 0.6 is 0 Å². The van der Waals surface area contributed by atoms with Gasteiger partial charge in [-0.1, -0.05) is 6.07 Å². The van der Waals surface area contributed by atoms with Gasteiger partial charge in [-0.2, -0.15) is 0 Å². The number of rotatable bonds is 2. The summed E-state index contributed by atoms with van der Waals surface area (Å²) in [6, 6.07) is 5.37. The van der Waals surface area contributed by atoms with Crippen LogP contribution in [-0.4, -0.2) is 16.7 Å². The lowest BCUT2D eigenvalue weighted by Gasteiger charge is -1.95. The molecule has 2 rings (SSSR count). The van der Waals surface area contributed by atoms with Crippen LogP contribution in [0.2, 0.25) is 0 Å². The molecule has 0 unspecified atom stereocenters. The van der Waals surface area contributed by atoms with Crippen LogP contribution in [0.25, 0.3) is 11.1 Å². The zero-order valence-electron chi connectivity index (χ0n) is 6.91. The second-order valence-electron chi connectivity index (χ2n) is 2.82. The van der Waals surface area contributed by atoms with Crippen molar-refractivity contribution in [1.29, 1.82) is 0 Å². The summed E-state index contributed by atoms with van der Waals surface area (Å²) in [5.41, 5.74) is 2.18. The molecule has 68 valence electrons. The molecule has 0 fully saturated rings. The first-order valence-corrected chi connectivity index (χ1v) is 4.02. The lowest BCUT2D eigenvalue weighted by Crippen LogP contribution is -1.92. The highest BCUT2D eigenvalue weighted by atomic mass is 16.4. The van der Waals surface area contributed by atoms with Crippen molar-refractivity contribution < 1.29 is 9.52 Å². The van der Waals surface area contributed by atoms with Gasteiger partial charge in [0, 0.05) is 6.61 Å². The number of nitrogens with one attached hydrogen (secondary N) is 1. The molecular weight excluding hydrogens is 170 g/mol. The topological polar surface area (TPSA) is 66.2 Å². The van der Waals surface area contributed by atoms with Crippen molar-refractivity contribution in [1.82, 2.24) is 4.98 Å². The van der Waals surface area contributed by atoms with Gasteiger partial charge in [0.05, 0.1) is 5.52 Å². The molecule has 13 heavy (non-hydrogen) atoms.